The number of nitrogens with zero attached hydrogens (tertiary/aromatic N) is 4. The van der Waals surface area contributed by atoms with Crippen molar-refractivity contribution >= 4 is 11.9 Å². The number of hydrogen-bond donors (Lipinski definition) is 1. The molecule has 1 N–H and O–H groups in total. The van der Waals surface area contributed by atoms with Crippen LogP contribution in [0.2, 0.25) is 0 Å². The summed E-state index contributed by atoms with van der Waals surface area (Å²) < 4.78 is 0. The van der Waals surface area contributed by atoms with Crippen molar-refractivity contribution in [2.75, 3.05) is 44.2 Å². The van der Waals surface area contributed by atoms with Crippen LogP contribution in [0.4, 0.5) is 5.95 Å². The third-order valence-electron chi connectivity index (χ3n) is 5.44. The molecule has 1 saturated heterocycles. The average Bonchev–Trinajstić information content (AvgIpc) is 3.50. The van der Waals surface area contributed by atoms with E-state index in [1.165, 1.54) is 5.56 Å². The summed E-state index contributed by atoms with van der Waals surface area (Å²) in [6, 6.07) is 12.4. The molecule has 0 bridgehead atoms. The number of amides is 1. The molecule has 0 atom stereocenters. The summed E-state index contributed by atoms with van der Waals surface area (Å²) in [5, 5.41) is 3.16. The second-order valence-corrected chi connectivity index (χ2v) is 7.24. The second kappa shape index (κ2) is 7.41. The third kappa shape index (κ3) is 3.85. The molecule has 6 nitrogen and oxygen atoms in total. The van der Waals surface area contributed by atoms with Gasteiger partial charge in [0.25, 0.3) is 0 Å². The lowest BCUT2D eigenvalue weighted by molar-refractivity contribution is -0.122. The topological polar surface area (TPSA) is 61.4 Å². The lowest BCUT2D eigenvalue weighted by Gasteiger charge is -2.34. The summed E-state index contributed by atoms with van der Waals surface area (Å²) in [5.41, 5.74) is 1.51. The lowest BCUT2D eigenvalue weighted by atomic mass is 9.96. The van der Waals surface area contributed by atoms with Crippen LogP contribution < -0.4 is 10.2 Å². The van der Waals surface area contributed by atoms with Crippen LogP contribution in [0.25, 0.3) is 0 Å². The molecule has 1 aromatic carbocycles. The van der Waals surface area contributed by atoms with Gasteiger partial charge in [-0.1, -0.05) is 30.3 Å². The number of benzene rings is 1. The van der Waals surface area contributed by atoms with E-state index in [1.54, 1.807) is 12.4 Å². The smallest absolute Gasteiger partial charge is 0.234 e. The summed E-state index contributed by atoms with van der Waals surface area (Å²) in [6.45, 7) is 4.63. The van der Waals surface area contributed by atoms with E-state index in [2.05, 4.69) is 49.4 Å². The fourth-order valence-corrected chi connectivity index (χ4v) is 3.60. The zero-order valence-electron chi connectivity index (χ0n) is 15.0. The Morgan fingerprint density at radius 3 is 2.35 bits per heavy atom. The van der Waals surface area contributed by atoms with Gasteiger partial charge in [-0.25, -0.2) is 9.97 Å². The van der Waals surface area contributed by atoms with E-state index in [4.69, 9.17) is 0 Å². The number of carbonyl (C=O) groups is 1. The van der Waals surface area contributed by atoms with Crippen LogP contribution in [0.3, 0.4) is 0 Å². The molecule has 1 aliphatic heterocycles. The monoisotopic (exact) mass is 351 g/mol. The highest BCUT2D eigenvalue weighted by Crippen LogP contribution is 2.47. The van der Waals surface area contributed by atoms with Crippen molar-refractivity contribution < 1.29 is 4.79 Å². The maximum atomic E-state index is 12.4. The van der Waals surface area contributed by atoms with Crippen LogP contribution in [0, 0.1) is 0 Å². The molecule has 1 aliphatic carbocycles. The molecule has 0 unspecified atom stereocenters. The quantitative estimate of drug-likeness (QED) is 0.853. The summed E-state index contributed by atoms with van der Waals surface area (Å²) in [6.07, 6.45) is 5.85. The number of piperazine rings is 1. The van der Waals surface area contributed by atoms with E-state index >= 15 is 0 Å². The van der Waals surface area contributed by atoms with E-state index < -0.39 is 0 Å². The molecule has 1 saturated carbocycles. The van der Waals surface area contributed by atoms with Crippen molar-refractivity contribution in [2.45, 2.75) is 18.3 Å². The Bertz CT molecular complexity index is 724. The first-order chi connectivity index (χ1) is 12.8. The maximum Gasteiger partial charge on any atom is 0.234 e. The second-order valence-electron chi connectivity index (χ2n) is 7.24. The Balaban J connectivity index is 1.23. The van der Waals surface area contributed by atoms with Crippen molar-refractivity contribution in [3.05, 3.63) is 54.4 Å². The normalized spacial score (nSPS) is 19.2. The Morgan fingerprint density at radius 1 is 1.00 bits per heavy atom. The van der Waals surface area contributed by atoms with Gasteiger partial charge in [0.2, 0.25) is 11.9 Å². The SMILES string of the molecule is O=C(CN1CCN(c2ncccn2)CC1)NCC1(c2ccccc2)CC1. The van der Waals surface area contributed by atoms with Gasteiger partial charge in [0, 0.05) is 50.5 Å². The van der Waals surface area contributed by atoms with Crippen molar-refractivity contribution in [3.63, 3.8) is 0 Å². The molecule has 1 amide bonds. The first kappa shape index (κ1) is 17.0. The highest BCUT2D eigenvalue weighted by atomic mass is 16.2. The van der Waals surface area contributed by atoms with E-state index in [0.717, 1.165) is 51.5 Å². The van der Waals surface area contributed by atoms with Crippen molar-refractivity contribution in [3.8, 4) is 0 Å². The van der Waals surface area contributed by atoms with Crippen molar-refractivity contribution in [1.82, 2.24) is 20.2 Å². The fraction of sp³-hybridized carbons (Fsp3) is 0.450. The number of nitrogens with one attached hydrogen (secondary N) is 1. The Hall–Kier alpha value is -2.47. The third-order valence-corrected chi connectivity index (χ3v) is 5.44. The minimum absolute atomic E-state index is 0.122. The van der Waals surface area contributed by atoms with E-state index in [1.807, 2.05) is 12.1 Å². The average molecular weight is 351 g/mol. The molecule has 0 radical (unpaired) electrons. The highest BCUT2D eigenvalue weighted by molar-refractivity contribution is 5.78. The number of carbonyl (C=O) groups excluding carboxylic acids is 1. The van der Waals surface area contributed by atoms with E-state index in [-0.39, 0.29) is 11.3 Å². The Labute approximate surface area is 154 Å². The zero-order chi connectivity index (χ0) is 17.8. The molecule has 2 heterocycles. The molecule has 0 spiro atoms. The zero-order valence-corrected chi connectivity index (χ0v) is 15.0. The molecule has 2 aliphatic rings. The summed E-state index contributed by atoms with van der Waals surface area (Å²) >= 11 is 0. The van der Waals surface area contributed by atoms with Crippen molar-refractivity contribution in [1.29, 1.82) is 0 Å². The molecule has 6 heteroatoms. The molecule has 26 heavy (non-hydrogen) atoms. The first-order valence-corrected chi connectivity index (χ1v) is 9.32. The van der Waals surface area contributed by atoms with Gasteiger partial charge in [0.05, 0.1) is 6.54 Å². The predicted octanol–water partition coefficient (Wildman–Crippen LogP) is 1.45. The predicted molar refractivity (Wildman–Crippen MR) is 101 cm³/mol. The molecule has 136 valence electrons. The van der Waals surface area contributed by atoms with Crippen LogP contribution in [-0.4, -0.2) is 60.0 Å². The summed E-state index contributed by atoms with van der Waals surface area (Å²) in [4.78, 5) is 25.3. The number of aromatic nitrogens is 2. The number of rotatable bonds is 6. The van der Waals surface area contributed by atoms with Gasteiger partial charge >= 0.3 is 0 Å². The van der Waals surface area contributed by atoms with Gasteiger partial charge < -0.3 is 10.2 Å². The van der Waals surface area contributed by atoms with Gasteiger partial charge in [-0.3, -0.25) is 9.69 Å². The van der Waals surface area contributed by atoms with Crippen LogP contribution in [0.15, 0.2) is 48.8 Å². The van der Waals surface area contributed by atoms with Gasteiger partial charge in [0.1, 0.15) is 0 Å². The number of hydrogen-bond acceptors (Lipinski definition) is 5. The van der Waals surface area contributed by atoms with Crippen LogP contribution in [-0.2, 0) is 10.2 Å². The largest absolute Gasteiger partial charge is 0.354 e. The number of anilines is 1. The summed E-state index contributed by atoms with van der Waals surface area (Å²) in [5.74, 6) is 0.895. The molecular weight excluding hydrogens is 326 g/mol. The van der Waals surface area contributed by atoms with Gasteiger partial charge in [-0.2, -0.15) is 0 Å². The molecule has 1 aromatic heterocycles. The van der Waals surface area contributed by atoms with Gasteiger partial charge in [-0.05, 0) is 24.5 Å². The maximum absolute atomic E-state index is 12.4. The van der Waals surface area contributed by atoms with E-state index in [0.29, 0.717) is 6.54 Å². The minimum Gasteiger partial charge on any atom is -0.354 e. The molecule has 2 fully saturated rings. The van der Waals surface area contributed by atoms with E-state index in [9.17, 15) is 4.79 Å². The lowest BCUT2D eigenvalue weighted by Crippen LogP contribution is -2.50. The van der Waals surface area contributed by atoms with Crippen LogP contribution >= 0.6 is 0 Å². The van der Waals surface area contributed by atoms with Crippen LogP contribution in [0.1, 0.15) is 18.4 Å². The minimum atomic E-state index is 0.122. The molecule has 2 aromatic rings. The van der Waals surface area contributed by atoms with Gasteiger partial charge in [-0.15, -0.1) is 0 Å². The first-order valence-electron chi connectivity index (χ1n) is 9.32. The molecule has 4 rings (SSSR count). The van der Waals surface area contributed by atoms with Gasteiger partial charge in [0.15, 0.2) is 0 Å². The Kier molecular flexibility index (Phi) is 4.84. The highest BCUT2D eigenvalue weighted by Gasteiger charge is 2.44. The van der Waals surface area contributed by atoms with Crippen molar-refractivity contribution in [2.24, 2.45) is 0 Å². The fourth-order valence-electron chi connectivity index (χ4n) is 3.60. The standard InChI is InChI=1S/C20H25N5O/c26-18(23-16-20(7-8-20)17-5-2-1-3-6-17)15-24-11-13-25(14-12-24)19-21-9-4-10-22-19/h1-6,9-10H,7-8,11-16H2,(H,23,26). The Morgan fingerprint density at radius 2 is 1.69 bits per heavy atom. The van der Waals surface area contributed by atoms with Crippen LogP contribution in [0.5, 0.6) is 0 Å². The summed E-state index contributed by atoms with van der Waals surface area (Å²) in [7, 11) is 0. The molecular formula is C20H25N5O.